The van der Waals surface area contributed by atoms with Crippen molar-refractivity contribution in [2.45, 2.75) is 6.92 Å². The van der Waals surface area contributed by atoms with Gasteiger partial charge in [-0.05, 0) is 14.0 Å². The molecule has 0 bridgehead atoms. The average molecular weight is 287 g/mol. The number of nitrogens with one attached hydrogen (secondary N) is 1. The molecule has 1 rings (SSSR count). The molecule has 0 aliphatic rings. The summed E-state index contributed by atoms with van der Waals surface area (Å²) in [4.78, 5) is 17.8. The van der Waals surface area contributed by atoms with E-state index in [4.69, 9.17) is 9.47 Å². The van der Waals surface area contributed by atoms with Gasteiger partial charge in [-0.3, -0.25) is 0 Å². The molecular formula is C12H21N3O3S. The molecule has 0 saturated heterocycles. The first-order valence-electron chi connectivity index (χ1n) is 6.21. The van der Waals surface area contributed by atoms with Crippen LogP contribution in [0.2, 0.25) is 0 Å². The lowest BCUT2D eigenvalue weighted by Gasteiger charge is -2.16. The summed E-state index contributed by atoms with van der Waals surface area (Å²) in [6.45, 7) is 5.34. The molecule has 0 radical (unpaired) electrons. The summed E-state index contributed by atoms with van der Waals surface area (Å²) in [5, 5.41) is 3.98. The van der Waals surface area contributed by atoms with E-state index in [1.807, 2.05) is 7.05 Å². The van der Waals surface area contributed by atoms with E-state index in [1.165, 1.54) is 11.3 Å². The largest absolute Gasteiger partial charge is 0.461 e. The highest BCUT2D eigenvalue weighted by Gasteiger charge is 2.15. The molecule has 1 aromatic heterocycles. The summed E-state index contributed by atoms with van der Waals surface area (Å²) in [5.74, 6) is -0.376. The average Bonchev–Trinajstić information content (AvgIpc) is 2.85. The molecule has 0 spiro atoms. The van der Waals surface area contributed by atoms with E-state index in [1.54, 1.807) is 19.5 Å². The van der Waals surface area contributed by atoms with Gasteiger partial charge in [-0.25, -0.2) is 9.78 Å². The predicted molar refractivity (Wildman–Crippen MR) is 75.9 cm³/mol. The number of anilines is 1. The van der Waals surface area contributed by atoms with E-state index in [-0.39, 0.29) is 5.97 Å². The molecule has 0 aliphatic carbocycles. The maximum absolute atomic E-state index is 11.6. The van der Waals surface area contributed by atoms with Gasteiger partial charge in [-0.2, -0.15) is 0 Å². The van der Waals surface area contributed by atoms with E-state index in [0.29, 0.717) is 18.9 Å². The molecule has 6 nitrogen and oxygen atoms in total. The first-order valence-corrected chi connectivity index (χ1v) is 7.09. The molecule has 1 N–H and O–H groups in total. The monoisotopic (exact) mass is 287 g/mol. The molecular weight excluding hydrogens is 266 g/mol. The predicted octanol–water partition coefficient (Wildman–Crippen LogP) is 1.31. The zero-order valence-electron chi connectivity index (χ0n) is 11.6. The standard InChI is InChI=1S/C12H21N3O3S/c1-4-18-12(16)10-11(19-9-14-10)13-5-6-15(2)7-8-17-3/h9,13H,4-8H2,1-3H3. The Balaban J connectivity index is 2.37. The lowest BCUT2D eigenvalue weighted by molar-refractivity contribution is 0.0521. The lowest BCUT2D eigenvalue weighted by atomic mass is 10.4. The van der Waals surface area contributed by atoms with Gasteiger partial charge in [-0.15, -0.1) is 11.3 Å². The van der Waals surface area contributed by atoms with Crippen molar-refractivity contribution in [2.24, 2.45) is 0 Å². The van der Waals surface area contributed by atoms with Crippen molar-refractivity contribution in [3.8, 4) is 0 Å². The molecule has 0 unspecified atom stereocenters. The highest BCUT2D eigenvalue weighted by atomic mass is 32.1. The van der Waals surface area contributed by atoms with Crippen molar-refractivity contribution in [1.82, 2.24) is 9.88 Å². The van der Waals surface area contributed by atoms with Gasteiger partial charge in [0, 0.05) is 26.7 Å². The molecule has 19 heavy (non-hydrogen) atoms. The van der Waals surface area contributed by atoms with Crippen LogP contribution in [0.25, 0.3) is 0 Å². The molecule has 0 fully saturated rings. The van der Waals surface area contributed by atoms with E-state index in [9.17, 15) is 4.79 Å². The fourth-order valence-electron chi connectivity index (χ4n) is 1.44. The summed E-state index contributed by atoms with van der Waals surface area (Å²) < 4.78 is 9.96. The Labute approximate surface area is 117 Å². The number of aromatic nitrogens is 1. The Morgan fingerprint density at radius 3 is 3.00 bits per heavy atom. The summed E-state index contributed by atoms with van der Waals surface area (Å²) in [6.07, 6.45) is 0. The molecule has 7 heteroatoms. The number of ether oxygens (including phenoxy) is 2. The van der Waals surface area contributed by atoms with Crippen LogP contribution in [0.15, 0.2) is 5.51 Å². The number of thiazole rings is 1. The Morgan fingerprint density at radius 2 is 2.32 bits per heavy atom. The number of esters is 1. The van der Waals surface area contributed by atoms with E-state index in [2.05, 4.69) is 15.2 Å². The van der Waals surface area contributed by atoms with Crippen LogP contribution in [0.5, 0.6) is 0 Å². The normalized spacial score (nSPS) is 10.7. The van der Waals surface area contributed by atoms with Gasteiger partial charge in [0.25, 0.3) is 0 Å². The Morgan fingerprint density at radius 1 is 1.53 bits per heavy atom. The van der Waals surface area contributed by atoms with Crippen LogP contribution in [-0.4, -0.2) is 62.9 Å². The molecule has 1 heterocycles. The minimum Gasteiger partial charge on any atom is -0.461 e. The fraction of sp³-hybridized carbons (Fsp3) is 0.667. The molecule has 0 atom stereocenters. The number of rotatable bonds is 9. The number of methoxy groups -OCH3 is 1. The van der Waals surface area contributed by atoms with Gasteiger partial charge >= 0.3 is 5.97 Å². The maximum atomic E-state index is 11.6. The van der Waals surface area contributed by atoms with Crippen LogP contribution < -0.4 is 5.32 Å². The zero-order chi connectivity index (χ0) is 14.1. The van der Waals surface area contributed by atoms with Gasteiger partial charge in [0.2, 0.25) is 0 Å². The summed E-state index contributed by atoms with van der Waals surface area (Å²) in [6, 6.07) is 0. The Hall–Kier alpha value is -1.18. The van der Waals surface area contributed by atoms with Crippen LogP contribution in [0.4, 0.5) is 5.00 Å². The third-order valence-corrected chi connectivity index (χ3v) is 3.28. The van der Waals surface area contributed by atoms with Crippen molar-refractivity contribution < 1.29 is 14.3 Å². The van der Waals surface area contributed by atoms with E-state index < -0.39 is 0 Å². The van der Waals surface area contributed by atoms with Crippen LogP contribution in [0.1, 0.15) is 17.4 Å². The third-order valence-electron chi connectivity index (χ3n) is 2.49. The second-order valence-corrected chi connectivity index (χ2v) is 4.83. The van der Waals surface area contributed by atoms with Crippen molar-refractivity contribution in [3.63, 3.8) is 0 Å². The number of likely N-dealkylation sites (N-methyl/N-ethyl adjacent to an activating group) is 1. The number of nitrogens with zero attached hydrogens (tertiary/aromatic N) is 2. The SMILES string of the molecule is CCOC(=O)c1ncsc1NCCN(C)CCOC. The zero-order valence-corrected chi connectivity index (χ0v) is 12.5. The fourth-order valence-corrected chi connectivity index (χ4v) is 2.13. The number of carbonyl (C=O) groups is 1. The first kappa shape index (κ1) is 15.9. The summed E-state index contributed by atoms with van der Waals surface area (Å²) >= 11 is 1.41. The van der Waals surface area contributed by atoms with Crippen molar-refractivity contribution in [2.75, 3.05) is 52.3 Å². The second kappa shape index (κ2) is 8.84. The summed E-state index contributed by atoms with van der Waals surface area (Å²) in [7, 11) is 3.72. The van der Waals surface area contributed by atoms with Gasteiger partial charge in [0.15, 0.2) is 5.69 Å². The van der Waals surface area contributed by atoms with Gasteiger partial charge in [-0.1, -0.05) is 0 Å². The van der Waals surface area contributed by atoms with E-state index >= 15 is 0 Å². The summed E-state index contributed by atoms with van der Waals surface area (Å²) in [5.41, 5.74) is 2.01. The molecule has 0 saturated carbocycles. The molecule has 1 aromatic rings. The topological polar surface area (TPSA) is 63.7 Å². The third kappa shape index (κ3) is 5.54. The van der Waals surface area contributed by atoms with Crippen molar-refractivity contribution in [3.05, 3.63) is 11.2 Å². The van der Waals surface area contributed by atoms with Crippen LogP contribution in [0, 0.1) is 0 Å². The molecule has 0 aliphatic heterocycles. The van der Waals surface area contributed by atoms with E-state index in [0.717, 1.165) is 24.6 Å². The highest BCUT2D eigenvalue weighted by Crippen LogP contribution is 2.20. The van der Waals surface area contributed by atoms with Gasteiger partial charge < -0.3 is 19.7 Å². The molecule has 108 valence electrons. The lowest BCUT2D eigenvalue weighted by Crippen LogP contribution is -2.28. The Kier molecular flexibility index (Phi) is 7.39. The maximum Gasteiger partial charge on any atom is 0.360 e. The minimum atomic E-state index is -0.376. The minimum absolute atomic E-state index is 0.357. The molecule has 0 aromatic carbocycles. The number of hydrogen-bond donors (Lipinski definition) is 1. The second-order valence-electron chi connectivity index (χ2n) is 3.97. The van der Waals surface area contributed by atoms with Gasteiger partial charge in [0.05, 0.1) is 18.7 Å². The first-order chi connectivity index (χ1) is 9.19. The smallest absolute Gasteiger partial charge is 0.360 e. The van der Waals surface area contributed by atoms with Crippen molar-refractivity contribution >= 4 is 22.3 Å². The van der Waals surface area contributed by atoms with Gasteiger partial charge in [0.1, 0.15) is 5.00 Å². The van der Waals surface area contributed by atoms with Crippen LogP contribution >= 0.6 is 11.3 Å². The quantitative estimate of drug-likeness (QED) is 0.691. The Bertz CT molecular complexity index is 384. The van der Waals surface area contributed by atoms with Crippen molar-refractivity contribution in [1.29, 1.82) is 0 Å². The number of carbonyl (C=O) groups excluding carboxylic acids is 1. The van der Waals surface area contributed by atoms with Crippen LogP contribution in [-0.2, 0) is 9.47 Å². The number of hydrogen-bond acceptors (Lipinski definition) is 7. The highest BCUT2D eigenvalue weighted by molar-refractivity contribution is 7.14. The molecule has 0 amide bonds. The van der Waals surface area contributed by atoms with Crippen LogP contribution in [0.3, 0.4) is 0 Å².